The number of nitrogens with zero attached hydrogens (tertiary/aromatic N) is 1. The minimum Gasteiger partial charge on any atom is -0.492 e. The molecule has 16 heavy (non-hydrogen) atoms. The highest BCUT2D eigenvalue weighted by atomic mass is 16.5. The standard InChI is InChI=1S/C12H18N2O2/c1-3-15-10-4-5-12(14-8-10)16-11-6-9(7-11)13-2/h4-5,8-9,11,13H,3,6-7H2,1-2H3/t9-,11-. The fourth-order valence-electron chi connectivity index (χ4n) is 1.76. The van der Waals surface area contributed by atoms with Crippen molar-refractivity contribution in [2.75, 3.05) is 13.7 Å². The van der Waals surface area contributed by atoms with E-state index in [1.54, 1.807) is 6.20 Å². The molecule has 0 amide bonds. The van der Waals surface area contributed by atoms with Crippen LogP contribution in [0.4, 0.5) is 0 Å². The molecular weight excluding hydrogens is 204 g/mol. The van der Waals surface area contributed by atoms with Crippen molar-refractivity contribution in [3.63, 3.8) is 0 Å². The molecule has 0 bridgehead atoms. The summed E-state index contributed by atoms with van der Waals surface area (Å²) in [5.74, 6) is 1.47. The molecule has 0 unspecified atom stereocenters. The first-order valence-corrected chi connectivity index (χ1v) is 5.74. The minimum atomic E-state index is 0.308. The first-order valence-electron chi connectivity index (χ1n) is 5.74. The van der Waals surface area contributed by atoms with Gasteiger partial charge in [-0.15, -0.1) is 0 Å². The van der Waals surface area contributed by atoms with Crippen LogP contribution in [0.2, 0.25) is 0 Å². The van der Waals surface area contributed by atoms with Crippen molar-refractivity contribution >= 4 is 0 Å². The maximum atomic E-state index is 5.71. The van der Waals surface area contributed by atoms with Gasteiger partial charge in [0.1, 0.15) is 11.9 Å². The molecule has 0 aromatic carbocycles. The Morgan fingerprint density at radius 2 is 2.25 bits per heavy atom. The maximum Gasteiger partial charge on any atom is 0.213 e. The molecule has 4 nitrogen and oxygen atoms in total. The van der Waals surface area contributed by atoms with Gasteiger partial charge in [-0.05, 0) is 32.9 Å². The van der Waals surface area contributed by atoms with Crippen molar-refractivity contribution < 1.29 is 9.47 Å². The topological polar surface area (TPSA) is 43.4 Å². The van der Waals surface area contributed by atoms with Crippen molar-refractivity contribution in [1.82, 2.24) is 10.3 Å². The lowest BCUT2D eigenvalue weighted by Crippen LogP contribution is -2.45. The summed E-state index contributed by atoms with van der Waals surface area (Å²) in [7, 11) is 1.98. The van der Waals surface area contributed by atoms with Gasteiger partial charge in [0.15, 0.2) is 0 Å². The summed E-state index contributed by atoms with van der Waals surface area (Å²) in [4.78, 5) is 4.20. The Bertz CT molecular complexity index is 320. The van der Waals surface area contributed by atoms with Gasteiger partial charge in [0, 0.05) is 12.1 Å². The highest BCUT2D eigenvalue weighted by Crippen LogP contribution is 2.25. The molecule has 2 rings (SSSR count). The SMILES string of the molecule is CCOc1ccc(O[C@H]2C[C@H](NC)C2)nc1. The number of pyridine rings is 1. The lowest BCUT2D eigenvalue weighted by molar-refractivity contribution is 0.0837. The zero-order chi connectivity index (χ0) is 11.4. The molecule has 0 atom stereocenters. The number of ether oxygens (including phenoxy) is 2. The van der Waals surface area contributed by atoms with E-state index in [0.29, 0.717) is 24.6 Å². The molecular formula is C12H18N2O2. The van der Waals surface area contributed by atoms with E-state index in [1.165, 1.54) is 0 Å². The molecule has 0 aliphatic heterocycles. The average molecular weight is 222 g/mol. The van der Waals surface area contributed by atoms with Crippen LogP contribution in [-0.2, 0) is 0 Å². The summed E-state index contributed by atoms with van der Waals surface area (Å²) in [6, 6.07) is 4.35. The van der Waals surface area contributed by atoms with Crippen LogP contribution in [-0.4, -0.2) is 30.8 Å². The van der Waals surface area contributed by atoms with Crippen LogP contribution in [0.15, 0.2) is 18.3 Å². The molecule has 0 saturated heterocycles. The number of rotatable bonds is 5. The van der Waals surface area contributed by atoms with Gasteiger partial charge in [0.2, 0.25) is 5.88 Å². The van der Waals surface area contributed by atoms with Crippen molar-refractivity contribution in [2.24, 2.45) is 0 Å². The minimum absolute atomic E-state index is 0.308. The van der Waals surface area contributed by atoms with Crippen molar-refractivity contribution in [1.29, 1.82) is 0 Å². The van der Waals surface area contributed by atoms with E-state index in [-0.39, 0.29) is 0 Å². The van der Waals surface area contributed by atoms with E-state index < -0.39 is 0 Å². The fraction of sp³-hybridized carbons (Fsp3) is 0.583. The monoisotopic (exact) mass is 222 g/mol. The molecule has 1 fully saturated rings. The lowest BCUT2D eigenvalue weighted by Gasteiger charge is -2.34. The van der Waals surface area contributed by atoms with Crippen LogP contribution in [0, 0.1) is 0 Å². The zero-order valence-corrected chi connectivity index (χ0v) is 9.77. The van der Waals surface area contributed by atoms with E-state index in [9.17, 15) is 0 Å². The number of aromatic nitrogens is 1. The Morgan fingerprint density at radius 1 is 1.44 bits per heavy atom. The van der Waals surface area contributed by atoms with Crippen LogP contribution in [0.25, 0.3) is 0 Å². The third-order valence-corrected chi connectivity index (χ3v) is 2.81. The van der Waals surface area contributed by atoms with Gasteiger partial charge < -0.3 is 14.8 Å². The molecule has 4 heteroatoms. The third-order valence-electron chi connectivity index (χ3n) is 2.81. The second-order valence-electron chi connectivity index (χ2n) is 3.96. The second-order valence-corrected chi connectivity index (χ2v) is 3.96. The molecule has 0 spiro atoms. The summed E-state index contributed by atoms with van der Waals surface area (Å²) in [6.45, 7) is 2.62. The van der Waals surface area contributed by atoms with Crippen molar-refractivity contribution in [3.8, 4) is 11.6 Å². The van der Waals surface area contributed by atoms with Gasteiger partial charge in [-0.2, -0.15) is 0 Å². The van der Waals surface area contributed by atoms with E-state index in [2.05, 4.69) is 10.3 Å². The van der Waals surface area contributed by atoms with E-state index >= 15 is 0 Å². The first-order chi connectivity index (χ1) is 7.81. The van der Waals surface area contributed by atoms with Crippen LogP contribution >= 0.6 is 0 Å². The Balaban J connectivity index is 1.82. The molecule has 1 aromatic rings. The van der Waals surface area contributed by atoms with Crippen LogP contribution in [0.1, 0.15) is 19.8 Å². The number of nitrogens with one attached hydrogen (secondary N) is 1. The highest BCUT2D eigenvalue weighted by Gasteiger charge is 2.29. The predicted molar refractivity (Wildman–Crippen MR) is 61.9 cm³/mol. The van der Waals surface area contributed by atoms with Crippen LogP contribution in [0.5, 0.6) is 11.6 Å². The summed E-state index contributed by atoms with van der Waals surface area (Å²) in [5, 5.41) is 3.22. The molecule has 0 radical (unpaired) electrons. The van der Waals surface area contributed by atoms with Crippen molar-refractivity contribution in [2.45, 2.75) is 31.9 Å². The predicted octanol–water partition coefficient (Wildman–Crippen LogP) is 1.61. The molecule has 1 N–H and O–H groups in total. The van der Waals surface area contributed by atoms with E-state index in [0.717, 1.165) is 18.6 Å². The third kappa shape index (κ3) is 2.64. The molecule has 1 aromatic heterocycles. The Kier molecular flexibility index (Phi) is 3.62. The molecule has 1 aliphatic rings. The van der Waals surface area contributed by atoms with E-state index in [1.807, 2.05) is 26.1 Å². The lowest BCUT2D eigenvalue weighted by atomic mass is 9.89. The summed E-state index contributed by atoms with van der Waals surface area (Å²) < 4.78 is 11.0. The second kappa shape index (κ2) is 5.16. The largest absolute Gasteiger partial charge is 0.492 e. The maximum absolute atomic E-state index is 5.71. The van der Waals surface area contributed by atoms with Crippen LogP contribution in [0.3, 0.4) is 0 Å². The zero-order valence-electron chi connectivity index (χ0n) is 9.77. The Hall–Kier alpha value is -1.29. The molecule has 88 valence electrons. The summed E-state index contributed by atoms with van der Waals surface area (Å²) in [5.41, 5.74) is 0. The van der Waals surface area contributed by atoms with Gasteiger partial charge in [0.25, 0.3) is 0 Å². The van der Waals surface area contributed by atoms with Gasteiger partial charge in [0.05, 0.1) is 12.8 Å². The Labute approximate surface area is 96.0 Å². The van der Waals surface area contributed by atoms with Gasteiger partial charge in [-0.3, -0.25) is 0 Å². The van der Waals surface area contributed by atoms with Crippen molar-refractivity contribution in [3.05, 3.63) is 18.3 Å². The van der Waals surface area contributed by atoms with Gasteiger partial charge >= 0.3 is 0 Å². The molecule has 1 heterocycles. The highest BCUT2D eigenvalue weighted by molar-refractivity contribution is 5.23. The molecule has 1 aliphatic carbocycles. The average Bonchev–Trinajstić information content (AvgIpc) is 2.25. The molecule has 1 saturated carbocycles. The quantitative estimate of drug-likeness (QED) is 0.822. The summed E-state index contributed by atoms with van der Waals surface area (Å²) in [6.07, 6.45) is 4.13. The number of hydrogen-bond acceptors (Lipinski definition) is 4. The number of hydrogen-bond donors (Lipinski definition) is 1. The normalized spacial score (nSPS) is 23.6. The van der Waals surface area contributed by atoms with Gasteiger partial charge in [-0.25, -0.2) is 4.98 Å². The fourth-order valence-corrected chi connectivity index (χ4v) is 1.76. The van der Waals surface area contributed by atoms with Gasteiger partial charge in [-0.1, -0.05) is 0 Å². The van der Waals surface area contributed by atoms with E-state index in [4.69, 9.17) is 9.47 Å². The smallest absolute Gasteiger partial charge is 0.213 e. The summed E-state index contributed by atoms with van der Waals surface area (Å²) >= 11 is 0. The first kappa shape index (κ1) is 11.2. The Morgan fingerprint density at radius 3 is 2.81 bits per heavy atom. The van der Waals surface area contributed by atoms with Crippen LogP contribution < -0.4 is 14.8 Å².